The summed E-state index contributed by atoms with van der Waals surface area (Å²) in [6.07, 6.45) is -2.28. The fraction of sp³-hybridized carbons (Fsp3) is 0.417. The summed E-state index contributed by atoms with van der Waals surface area (Å²) in [4.78, 5) is 4.13. The topological polar surface area (TPSA) is 29.3 Å². The van der Waals surface area contributed by atoms with Crippen LogP contribution in [0.2, 0.25) is 0 Å². The van der Waals surface area contributed by atoms with Crippen LogP contribution in [0.4, 0.5) is 13.2 Å². The average molecular weight is 255 g/mol. The molecule has 1 aliphatic heterocycles. The smallest absolute Gasteiger partial charge is 0.316 e. The van der Waals surface area contributed by atoms with Crippen LogP contribution in [0.5, 0.6) is 0 Å². The van der Waals surface area contributed by atoms with Gasteiger partial charge in [0.25, 0.3) is 0 Å². The van der Waals surface area contributed by atoms with E-state index in [0.29, 0.717) is 23.7 Å². The van der Waals surface area contributed by atoms with Crippen molar-refractivity contribution in [2.24, 2.45) is 5.92 Å². The normalized spacial score (nSPS) is 17.1. The van der Waals surface area contributed by atoms with Gasteiger partial charge in [-0.25, -0.2) is 4.98 Å². The van der Waals surface area contributed by atoms with Crippen LogP contribution < -0.4 is 5.32 Å². The van der Waals surface area contributed by atoms with Crippen molar-refractivity contribution in [3.63, 3.8) is 0 Å². The highest BCUT2D eigenvalue weighted by molar-refractivity contribution is 5.48. The Labute approximate surface area is 102 Å². The third-order valence-electron chi connectivity index (χ3n) is 3.25. The van der Waals surface area contributed by atoms with Crippen molar-refractivity contribution < 1.29 is 13.2 Å². The van der Waals surface area contributed by atoms with Crippen LogP contribution in [-0.4, -0.2) is 22.5 Å². The van der Waals surface area contributed by atoms with Gasteiger partial charge in [0.2, 0.25) is 0 Å². The lowest BCUT2D eigenvalue weighted by molar-refractivity contribution is -0.142. The van der Waals surface area contributed by atoms with Gasteiger partial charge in [0.15, 0.2) is 0 Å². The van der Waals surface area contributed by atoms with E-state index in [4.69, 9.17) is 0 Å². The summed E-state index contributed by atoms with van der Waals surface area (Å²) in [6.45, 7) is 1.70. The molecule has 2 aromatic rings. The molecule has 6 heteroatoms. The van der Waals surface area contributed by atoms with Gasteiger partial charge in [0.1, 0.15) is 11.5 Å². The van der Waals surface area contributed by atoms with E-state index >= 15 is 0 Å². The standard InChI is InChI=1S/C12H12F3N3/c13-12(14,15)10-3-1-2-9-7-17-11(18(9)10)4-8-5-16-6-8/h1-3,7-8,16H,4-6H2. The quantitative estimate of drug-likeness (QED) is 0.890. The van der Waals surface area contributed by atoms with E-state index in [1.54, 1.807) is 6.07 Å². The Balaban J connectivity index is 2.08. The van der Waals surface area contributed by atoms with Crippen LogP contribution in [0.3, 0.4) is 0 Å². The molecular weight excluding hydrogens is 243 g/mol. The number of nitrogens with one attached hydrogen (secondary N) is 1. The first kappa shape index (κ1) is 11.5. The first-order valence-corrected chi connectivity index (χ1v) is 5.79. The molecule has 0 spiro atoms. The maximum absolute atomic E-state index is 12.9. The number of aromatic nitrogens is 2. The molecule has 1 fully saturated rings. The number of pyridine rings is 1. The minimum Gasteiger partial charge on any atom is -0.316 e. The number of hydrogen-bond donors (Lipinski definition) is 1. The fourth-order valence-corrected chi connectivity index (χ4v) is 2.23. The Morgan fingerprint density at radius 3 is 2.72 bits per heavy atom. The molecule has 1 aliphatic rings. The second-order valence-electron chi connectivity index (χ2n) is 4.57. The predicted octanol–water partition coefficient (Wildman–Crippen LogP) is 2.11. The summed E-state index contributed by atoms with van der Waals surface area (Å²) in [6, 6.07) is 4.15. The first-order chi connectivity index (χ1) is 8.55. The number of nitrogens with zero attached hydrogens (tertiary/aromatic N) is 2. The van der Waals surface area contributed by atoms with Gasteiger partial charge in [0, 0.05) is 6.42 Å². The molecule has 1 N–H and O–H groups in total. The van der Waals surface area contributed by atoms with Gasteiger partial charge in [-0.2, -0.15) is 13.2 Å². The summed E-state index contributed by atoms with van der Waals surface area (Å²) < 4.78 is 40.1. The van der Waals surface area contributed by atoms with Gasteiger partial charge < -0.3 is 5.32 Å². The zero-order chi connectivity index (χ0) is 12.8. The van der Waals surface area contributed by atoms with Crippen LogP contribution in [0, 0.1) is 5.92 Å². The van der Waals surface area contributed by atoms with Crippen molar-refractivity contribution in [1.82, 2.24) is 14.7 Å². The predicted molar refractivity (Wildman–Crippen MR) is 60.3 cm³/mol. The Morgan fingerprint density at radius 2 is 2.11 bits per heavy atom. The van der Waals surface area contributed by atoms with Crippen molar-refractivity contribution in [3.8, 4) is 0 Å². The molecule has 0 aromatic carbocycles. The van der Waals surface area contributed by atoms with Crippen molar-refractivity contribution in [2.75, 3.05) is 13.1 Å². The Kier molecular flexibility index (Phi) is 2.55. The zero-order valence-electron chi connectivity index (χ0n) is 9.54. The lowest BCUT2D eigenvalue weighted by Gasteiger charge is -2.26. The van der Waals surface area contributed by atoms with Crippen LogP contribution in [0.1, 0.15) is 11.5 Å². The molecule has 0 aliphatic carbocycles. The SMILES string of the molecule is FC(F)(F)c1cccc2cnc(CC3CNC3)n12. The highest BCUT2D eigenvalue weighted by Crippen LogP contribution is 2.30. The van der Waals surface area contributed by atoms with Crippen LogP contribution in [0.15, 0.2) is 24.4 Å². The van der Waals surface area contributed by atoms with Crippen molar-refractivity contribution in [3.05, 3.63) is 35.9 Å². The Morgan fingerprint density at radius 1 is 1.33 bits per heavy atom. The highest BCUT2D eigenvalue weighted by atomic mass is 19.4. The monoisotopic (exact) mass is 255 g/mol. The van der Waals surface area contributed by atoms with Crippen LogP contribution in [0.25, 0.3) is 5.52 Å². The number of imidazole rings is 1. The molecule has 0 atom stereocenters. The second-order valence-corrected chi connectivity index (χ2v) is 4.57. The molecule has 0 radical (unpaired) electrons. The molecule has 2 aromatic heterocycles. The largest absolute Gasteiger partial charge is 0.431 e. The van der Waals surface area contributed by atoms with E-state index < -0.39 is 11.9 Å². The molecule has 0 saturated carbocycles. The van der Waals surface area contributed by atoms with E-state index in [9.17, 15) is 13.2 Å². The number of halogens is 3. The van der Waals surface area contributed by atoms with E-state index in [-0.39, 0.29) is 0 Å². The van der Waals surface area contributed by atoms with Gasteiger partial charge in [-0.15, -0.1) is 0 Å². The molecule has 0 bridgehead atoms. The third kappa shape index (κ3) is 1.86. The summed E-state index contributed by atoms with van der Waals surface area (Å²) in [7, 11) is 0. The Bertz CT molecular complexity index is 569. The van der Waals surface area contributed by atoms with E-state index in [1.807, 2.05) is 0 Å². The minimum absolute atomic E-state index is 0.386. The molecule has 0 amide bonds. The maximum atomic E-state index is 12.9. The van der Waals surface area contributed by atoms with Gasteiger partial charge >= 0.3 is 6.18 Å². The first-order valence-electron chi connectivity index (χ1n) is 5.79. The molecule has 3 heterocycles. The highest BCUT2D eigenvalue weighted by Gasteiger charge is 2.34. The third-order valence-corrected chi connectivity index (χ3v) is 3.25. The molecule has 18 heavy (non-hydrogen) atoms. The number of hydrogen-bond acceptors (Lipinski definition) is 2. The number of alkyl halides is 3. The van der Waals surface area contributed by atoms with E-state index in [2.05, 4.69) is 10.3 Å². The van der Waals surface area contributed by atoms with Crippen molar-refractivity contribution in [1.29, 1.82) is 0 Å². The van der Waals surface area contributed by atoms with Gasteiger partial charge in [-0.3, -0.25) is 4.40 Å². The van der Waals surface area contributed by atoms with Crippen molar-refractivity contribution >= 4 is 5.52 Å². The summed E-state index contributed by atoms with van der Waals surface area (Å²) in [5.41, 5.74) is -0.160. The summed E-state index contributed by atoms with van der Waals surface area (Å²) >= 11 is 0. The van der Waals surface area contributed by atoms with Crippen LogP contribution in [-0.2, 0) is 12.6 Å². The number of fused-ring (bicyclic) bond motifs is 1. The summed E-state index contributed by atoms with van der Waals surface area (Å²) in [5.74, 6) is 0.876. The zero-order valence-corrected chi connectivity index (χ0v) is 9.54. The van der Waals surface area contributed by atoms with Gasteiger partial charge in [-0.05, 0) is 31.1 Å². The molecule has 3 rings (SSSR count). The average Bonchev–Trinajstić information content (AvgIpc) is 2.65. The van der Waals surface area contributed by atoms with Crippen molar-refractivity contribution in [2.45, 2.75) is 12.6 Å². The molecule has 3 nitrogen and oxygen atoms in total. The van der Waals surface area contributed by atoms with Gasteiger partial charge in [-0.1, -0.05) is 6.07 Å². The molecular formula is C12H12F3N3. The van der Waals surface area contributed by atoms with E-state index in [1.165, 1.54) is 16.7 Å². The molecule has 1 saturated heterocycles. The molecule has 96 valence electrons. The van der Waals surface area contributed by atoms with Gasteiger partial charge in [0.05, 0.1) is 11.7 Å². The van der Waals surface area contributed by atoms with Crippen LogP contribution >= 0.6 is 0 Å². The molecule has 0 unspecified atom stereocenters. The lowest BCUT2D eigenvalue weighted by Crippen LogP contribution is -2.43. The fourth-order valence-electron chi connectivity index (χ4n) is 2.23. The Hall–Kier alpha value is -1.56. The second kappa shape index (κ2) is 3.98. The van der Waals surface area contributed by atoms with E-state index in [0.717, 1.165) is 19.2 Å². The summed E-state index contributed by atoms with van der Waals surface area (Å²) in [5, 5.41) is 3.11. The maximum Gasteiger partial charge on any atom is 0.431 e. The lowest BCUT2D eigenvalue weighted by atomic mass is 9.99. The minimum atomic E-state index is -4.35. The number of rotatable bonds is 2.